The topological polar surface area (TPSA) is 72.1 Å². The van der Waals surface area contributed by atoms with Crippen LogP contribution in [0.4, 0.5) is 19.0 Å². The van der Waals surface area contributed by atoms with Crippen molar-refractivity contribution in [3.63, 3.8) is 0 Å². The fourth-order valence-corrected chi connectivity index (χ4v) is 2.75. The maximum absolute atomic E-state index is 13.5. The van der Waals surface area contributed by atoms with E-state index in [2.05, 4.69) is 15.7 Å². The summed E-state index contributed by atoms with van der Waals surface area (Å²) in [6.07, 6.45) is -3.34. The number of alkyl halides is 3. The zero-order chi connectivity index (χ0) is 18.2. The van der Waals surface area contributed by atoms with E-state index in [1.807, 2.05) is 13.8 Å². The molecular weight excluding hydrogens is 337 g/mol. The molecule has 0 saturated carbocycles. The summed E-state index contributed by atoms with van der Waals surface area (Å²) in [5.74, 6) is 0.288. The second-order valence-corrected chi connectivity index (χ2v) is 6.47. The average molecular weight is 356 g/mol. The smallest absolute Gasteiger partial charge is 0.410 e. The van der Waals surface area contributed by atoms with Crippen molar-refractivity contribution in [1.29, 1.82) is 0 Å². The third-order valence-electron chi connectivity index (χ3n) is 3.98. The summed E-state index contributed by atoms with van der Waals surface area (Å²) < 4.78 is 46.5. The van der Waals surface area contributed by atoms with Gasteiger partial charge in [-0.25, -0.2) is 4.68 Å². The fourth-order valence-electron chi connectivity index (χ4n) is 2.75. The number of hydrogen-bond donors (Lipinski definition) is 2. The van der Waals surface area contributed by atoms with Crippen LogP contribution in [0.1, 0.15) is 48.6 Å². The average Bonchev–Trinajstić information content (AvgIpc) is 3.19. The Balaban J connectivity index is 1.89. The van der Waals surface area contributed by atoms with Gasteiger partial charge in [-0.2, -0.15) is 18.3 Å². The molecule has 0 spiro atoms. The molecule has 0 radical (unpaired) electrons. The number of anilines is 1. The van der Waals surface area contributed by atoms with E-state index in [1.165, 1.54) is 12.3 Å². The number of aromatic nitrogens is 2. The Bertz CT molecular complexity index is 737. The molecule has 3 heterocycles. The third-order valence-corrected chi connectivity index (χ3v) is 3.98. The summed E-state index contributed by atoms with van der Waals surface area (Å²) in [6, 6.07) is 2.11. The van der Waals surface area contributed by atoms with E-state index in [0.29, 0.717) is 12.3 Å². The molecule has 0 aromatic carbocycles. The second-order valence-electron chi connectivity index (χ2n) is 6.47. The number of hydrogen-bond acceptors (Lipinski definition) is 4. The Labute approximate surface area is 142 Å². The van der Waals surface area contributed by atoms with Crippen LogP contribution in [0.15, 0.2) is 28.9 Å². The number of furan rings is 1. The van der Waals surface area contributed by atoms with E-state index in [-0.39, 0.29) is 23.9 Å². The van der Waals surface area contributed by atoms with Crippen molar-refractivity contribution < 1.29 is 22.4 Å². The van der Waals surface area contributed by atoms with Gasteiger partial charge in [0.15, 0.2) is 11.7 Å². The van der Waals surface area contributed by atoms with E-state index in [4.69, 9.17) is 4.42 Å². The standard InChI is InChI=1S/C16H19F3N4O2/c1-9(2)8-20-15(24)11-7-14-21-10(12-4-3-5-25-12)6-13(16(17,18)19)23(14)22-11/h3-5,7,9-10,13,21H,6,8H2,1-2H3,(H,20,24)/t10-,13-/m1/s1. The first-order valence-corrected chi connectivity index (χ1v) is 8.00. The molecule has 25 heavy (non-hydrogen) atoms. The second kappa shape index (κ2) is 6.45. The summed E-state index contributed by atoms with van der Waals surface area (Å²) in [5, 5.41) is 9.51. The minimum Gasteiger partial charge on any atom is -0.467 e. The van der Waals surface area contributed by atoms with Crippen LogP contribution in [0.5, 0.6) is 0 Å². The Morgan fingerprint density at radius 2 is 2.28 bits per heavy atom. The van der Waals surface area contributed by atoms with Gasteiger partial charge < -0.3 is 15.1 Å². The van der Waals surface area contributed by atoms with Gasteiger partial charge in [0.25, 0.3) is 5.91 Å². The molecule has 0 fully saturated rings. The monoisotopic (exact) mass is 356 g/mol. The number of halogens is 3. The highest BCUT2D eigenvalue weighted by Gasteiger charge is 2.47. The first-order chi connectivity index (χ1) is 11.8. The lowest BCUT2D eigenvalue weighted by Gasteiger charge is -2.32. The van der Waals surface area contributed by atoms with Crippen LogP contribution in [0.2, 0.25) is 0 Å². The van der Waals surface area contributed by atoms with Gasteiger partial charge in [0.1, 0.15) is 11.6 Å². The quantitative estimate of drug-likeness (QED) is 0.879. The minimum absolute atomic E-state index is 0.0440. The first kappa shape index (κ1) is 17.4. The SMILES string of the molecule is CC(C)CNC(=O)c1cc2n(n1)[C@@H](C(F)(F)F)C[C@H](c1ccco1)N2. The Hall–Kier alpha value is -2.45. The summed E-state index contributed by atoms with van der Waals surface area (Å²) in [5.41, 5.74) is -0.0440. The van der Waals surface area contributed by atoms with Gasteiger partial charge in [0, 0.05) is 19.0 Å². The molecule has 1 amide bonds. The van der Waals surface area contributed by atoms with Crippen LogP contribution in [-0.2, 0) is 0 Å². The van der Waals surface area contributed by atoms with Crippen LogP contribution in [0.3, 0.4) is 0 Å². The molecule has 0 saturated heterocycles. The predicted molar refractivity (Wildman–Crippen MR) is 84.2 cm³/mol. The number of fused-ring (bicyclic) bond motifs is 1. The molecule has 0 aliphatic carbocycles. The zero-order valence-electron chi connectivity index (χ0n) is 13.8. The summed E-state index contributed by atoms with van der Waals surface area (Å²) >= 11 is 0. The molecular formula is C16H19F3N4O2. The molecule has 9 heteroatoms. The van der Waals surface area contributed by atoms with Crippen molar-refractivity contribution in [2.45, 2.75) is 38.5 Å². The summed E-state index contributed by atoms with van der Waals surface area (Å²) in [4.78, 5) is 12.1. The normalized spacial score (nSPS) is 20.2. The van der Waals surface area contributed by atoms with E-state index >= 15 is 0 Å². The minimum atomic E-state index is -4.49. The van der Waals surface area contributed by atoms with Crippen molar-refractivity contribution in [3.05, 3.63) is 35.9 Å². The van der Waals surface area contributed by atoms with Gasteiger partial charge in [-0.15, -0.1) is 0 Å². The van der Waals surface area contributed by atoms with Crippen LogP contribution >= 0.6 is 0 Å². The molecule has 1 aliphatic heterocycles. The van der Waals surface area contributed by atoms with Crippen LogP contribution < -0.4 is 10.6 Å². The van der Waals surface area contributed by atoms with Crippen LogP contribution in [0, 0.1) is 5.92 Å². The Kier molecular flexibility index (Phi) is 4.49. The highest BCUT2D eigenvalue weighted by atomic mass is 19.4. The molecule has 2 atom stereocenters. The summed E-state index contributed by atoms with van der Waals surface area (Å²) in [6.45, 7) is 4.27. The number of carbonyl (C=O) groups excluding carboxylic acids is 1. The maximum Gasteiger partial charge on any atom is 0.410 e. The number of rotatable bonds is 4. The van der Waals surface area contributed by atoms with E-state index in [1.54, 1.807) is 12.1 Å². The number of nitrogens with zero attached hydrogens (tertiary/aromatic N) is 2. The van der Waals surface area contributed by atoms with Gasteiger partial charge in [-0.05, 0) is 18.1 Å². The highest BCUT2D eigenvalue weighted by Crippen LogP contribution is 2.43. The maximum atomic E-state index is 13.5. The Morgan fingerprint density at radius 1 is 1.52 bits per heavy atom. The molecule has 2 aromatic rings. The van der Waals surface area contributed by atoms with Crippen molar-refractivity contribution >= 4 is 11.7 Å². The lowest BCUT2D eigenvalue weighted by Crippen LogP contribution is -2.35. The molecule has 136 valence electrons. The van der Waals surface area contributed by atoms with Crippen LogP contribution in [-0.4, -0.2) is 28.4 Å². The predicted octanol–water partition coefficient (Wildman–Crippen LogP) is 3.52. The molecule has 2 aromatic heterocycles. The van der Waals surface area contributed by atoms with Crippen LogP contribution in [0.25, 0.3) is 0 Å². The number of nitrogens with one attached hydrogen (secondary N) is 2. The highest BCUT2D eigenvalue weighted by molar-refractivity contribution is 5.93. The van der Waals surface area contributed by atoms with Gasteiger partial charge in [-0.1, -0.05) is 13.8 Å². The fraction of sp³-hybridized carbons (Fsp3) is 0.500. The number of carbonyl (C=O) groups is 1. The van der Waals surface area contributed by atoms with Crippen molar-refractivity contribution in [3.8, 4) is 0 Å². The van der Waals surface area contributed by atoms with Gasteiger partial charge in [0.05, 0.1) is 12.3 Å². The molecule has 0 bridgehead atoms. The van der Waals surface area contributed by atoms with Crippen molar-refractivity contribution in [2.75, 3.05) is 11.9 Å². The number of amides is 1. The molecule has 2 N–H and O–H groups in total. The van der Waals surface area contributed by atoms with E-state index < -0.39 is 24.2 Å². The van der Waals surface area contributed by atoms with Crippen molar-refractivity contribution in [2.24, 2.45) is 5.92 Å². The van der Waals surface area contributed by atoms with Crippen molar-refractivity contribution in [1.82, 2.24) is 15.1 Å². The molecule has 1 aliphatic rings. The van der Waals surface area contributed by atoms with E-state index in [9.17, 15) is 18.0 Å². The lowest BCUT2D eigenvalue weighted by molar-refractivity contribution is -0.174. The molecule has 3 rings (SSSR count). The third kappa shape index (κ3) is 3.64. The Morgan fingerprint density at radius 3 is 2.88 bits per heavy atom. The summed E-state index contributed by atoms with van der Waals surface area (Å²) in [7, 11) is 0. The largest absolute Gasteiger partial charge is 0.467 e. The van der Waals surface area contributed by atoms with Gasteiger partial charge >= 0.3 is 6.18 Å². The first-order valence-electron chi connectivity index (χ1n) is 8.00. The molecule has 6 nitrogen and oxygen atoms in total. The lowest BCUT2D eigenvalue weighted by atomic mass is 10.0. The van der Waals surface area contributed by atoms with Gasteiger partial charge in [0.2, 0.25) is 0 Å². The zero-order valence-corrected chi connectivity index (χ0v) is 13.8. The van der Waals surface area contributed by atoms with E-state index in [0.717, 1.165) is 4.68 Å². The molecule has 0 unspecified atom stereocenters. The van der Waals surface area contributed by atoms with Gasteiger partial charge in [-0.3, -0.25) is 4.79 Å².